The van der Waals surface area contributed by atoms with Crippen LogP contribution in [-0.2, 0) is 11.3 Å². The van der Waals surface area contributed by atoms with E-state index in [0.29, 0.717) is 19.6 Å². The van der Waals surface area contributed by atoms with Gasteiger partial charge in [0.1, 0.15) is 11.6 Å². The number of fused-ring (bicyclic) bond motifs is 1. The fourth-order valence-corrected chi connectivity index (χ4v) is 3.33. The number of rotatable bonds is 4. The van der Waals surface area contributed by atoms with E-state index >= 15 is 0 Å². The number of aliphatic imine (C=N–C) groups is 1. The Labute approximate surface area is 152 Å². The molecule has 0 aliphatic carbocycles. The van der Waals surface area contributed by atoms with Gasteiger partial charge < -0.3 is 15.0 Å². The first kappa shape index (κ1) is 16.6. The third-order valence-corrected chi connectivity index (χ3v) is 4.50. The first-order valence-corrected chi connectivity index (χ1v) is 8.92. The summed E-state index contributed by atoms with van der Waals surface area (Å²) in [6.07, 6.45) is 1.92. The van der Waals surface area contributed by atoms with Gasteiger partial charge in [0.2, 0.25) is 5.91 Å². The molecular weight excluding hydrogens is 328 g/mol. The lowest BCUT2D eigenvalue weighted by Gasteiger charge is -2.27. The van der Waals surface area contributed by atoms with E-state index in [2.05, 4.69) is 22.4 Å². The van der Waals surface area contributed by atoms with Crippen LogP contribution in [0.5, 0.6) is 5.75 Å². The number of hydrogen-bond acceptors (Lipinski definition) is 5. The van der Waals surface area contributed by atoms with Crippen LogP contribution in [0.15, 0.2) is 41.5 Å². The average molecular weight is 350 g/mol. The molecule has 1 N–H and O–H groups in total. The van der Waals surface area contributed by atoms with Crippen molar-refractivity contribution in [2.45, 2.75) is 26.5 Å². The second-order valence-corrected chi connectivity index (χ2v) is 6.82. The second-order valence-electron chi connectivity index (χ2n) is 6.82. The van der Waals surface area contributed by atoms with Crippen LogP contribution in [0, 0.1) is 0 Å². The molecule has 1 amide bonds. The van der Waals surface area contributed by atoms with E-state index in [0.717, 1.165) is 35.0 Å². The summed E-state index contributed by atoms with van der Waals surface area (Å²) < 4.78 is 5.83. The lowest BCUT2D eigenvalue weighted by Crippen LogP contribution is -2.48. The first-order valence-electron chi connectivity index (χ1n) is 8.92. The van der Waals surface area contributed by atoms with Gasteiger partial charge in [-0.15, -0.1) is 0 Å². The standard InChI is InChI=1S/C20H22N4O2/c1-13(2)26-16-4-3-15-11-23-20(17(15)10-16)14-5-6-21-18(9-14)24-8-7-22-19(25)12-24/h3-6,9-10,13H,7-8,11-12H2,1-2H3,(H,22,25). The van der Waals surface area contributed by atoms with E-state index < -0.39 is 0 Å². The van der Waals surface area contributed by atoms with Crippen LogP contribution in [0.25, 0.3) is 0 Å². The largest absolute Gasteiger partial charge is 0.491 e. The van der Waals surface area contributed by atoms with Crippen molar-refractivity contribution in [2.75, 3.05) is 24.5 Å². The Morgan fingerprint density at radius 1 is 1.23 bits per heavy atom. The van der Waals surface area contributed by atoms with Gasteiger partial charge >= 0.3 is 0 Å². The maximum Gasteiger partial charge on any atom is 0.239 e. The lowest BCUT2D eigenvalue weighted by atomic mass is 10.0. The van der Waals surface area contributed by atoms with Gasteiger partial charge in [0.05, 0.1) is 24.9 Å². The number of nitrogens with zero attached hydrogens (tertiary/aromatic N) is 3. The fraction of sp³-hybridized carbons (Fsp3) is 0.350. The minimum atomic E-state index is 0.0301. The van der Waals surface area contributed by atoms with Gasteiger partial charge in [0.25, 0.3) is 0 Å². The number of ether oxygens (including phenoxy) is 1. The number of carbonyl (C=O) groups is 1. The van der Waals surface area contributed by atoms with Crippen LogP contribution in [0.2, 0.25) is 0 Å². The van der Waals surface area contributed by atoms with Crippen LogP contribution in [0.1, 0.15) is 30.5 Å². The van der Waals surface area contributed by atoms with Crippen molar-refractivity contribution in [3.63, 3.8) is 0 Å². The lowest BCUT2D eigenvalue weighted by molar-refractivity contribution is -0.120. The monoisotopic (exact) mass is 350 g/mol. The van der Waals surface area contributed by atoms with E-state index in [9.17, 15) is 4.79 Å². The van der Waals surface area contributed by atoms with Crippen LogP contribution in [0.3, 0.4) is 0 Å². The summed E-state index contributed by atoms with van der Waals surface area (Å²) in [6.45, 7) is 6.46. The zero-order chi connectivity index (χ0) is 18.1. The predicted molar refractivity (Wildman–Crippen MR) is 101 cm³/mol. The summed E-state index contributed by atoms with van der Waals surface area (Å²) in [7, 11) is 0. The van der Waals surface area contributed by atoms with E-state index in [1.54, 1.807) is 6.20 Å². The molecule has 1 aromatic carbocycles. The van der Waals surface area contributed by atoms with E-state index in [1.807, 2.05) is 36.9 Å². The summed E-state index contributed by atoms with van der Waals surface area (Å²) in [5.41, 5.74) is 4.28. The number of aromatic nitrogens is 1. The summed E-state index contributed by atoms with van der Waals surface area (Å²) in [4.78, 5) is 22.8. The maximum atomic E-state index is 11.7. The van der Waals surface area contributed by atoms with Gasteiger partial charge in [0.15, 0.2) is 0 Å². The number of carbonyl (C=O) groups excluding carboxylic acids is 1. The Morgan fingerprint density at radius 2 is 2.12 bits per heavy atom. The Morgan fingerprint density at radius 3 is 2.92 bits per heavy atom. The highest BCUT2D eigenvalue weighted by molar-refractivity contribution is 6.15. The Kier molecular flexibility index (Phi) is 4.32. The number of nitrogens with one attached hydrogen (secondary N) is 1. The van der Waals surface area contributed by atoms with Crippen molar-refractivity contribution >= 4 is 17.4 Å². The molecular formula is C20H22N4O2. The van der Waals surface area contributed by atoms with E-state index in [-0.39, 0.29) is 12.0 Å². The van der Waals surface area contributed by atoms with Crippen molar-refractivity contribution in [3.05, 3.63) is 53.2 Å². The highest BCUT2D eigenvalue weighted by Crippen LogP contribution is 2.28. The zero-order valence-electron chi connectivity index (χ0n) is 15.0. The highest BCUT2D eigenvalue weighted by atomic mass is 16.5. The molecule has 2 aromatic rings. The van der Waals surface area contributed by atoms with Crippen LogP contribution < -0.4 is 15.0 Å². The molecule has 0 spiro atoms. The summed E-state index contributed by atoms with van der Waals surface area (Å²) in [5.74, 6) is 1.70. The Balaban J connectivity index is 1.64. The predicted octanol–water partition coefficient (Wildman–Crippen LogP) is 2.16. The topological polar surface area (TPSA) is 66.8 Å². The molecule has 0 atom stereocenters. The molecule has 26 heavy (non-hydrogen) atoms. The van der Waals surface area contributed by atoms with Crippen LogP contribution >= 0.6 is 0 Å². The third kappa shape index (κ3) is 3.27. The number of anilines is 1. The fourth-order valence-electron chi connectivity index (χ4n) is 3.33. The minimum Gasteiger partial charge on any atom is -0.491 e. The van der Waals surface area contributed by atoms with Crippen molar-refractivity contribution < 1.29 is 9.53 Å². The van der Waals surface area contributed by atoms with Gasteiger partial charge in [-0.3, -0.25) is 9.79 Å². The number of amides is 1. The normalized spacial score (nSPS) is 16.3. The second kappa shape index (κ2) is 6.78. The zero-order valence-corrected chi connectivity index (χ0v) is 15.0. The molecule has 1 saturated heterocycles. The van der Waals surface area contributed by atoms with Crippen molar-refractivity contribution in [3.8, 4) is 5.75 Å². The molecule has 0 unspecified atom stereocenters. The Bertz CT molecular complexity index is 876. The molecule has 3 heterocycles. The van der Waals surface area contributed by atoms with Crippen molar-refractivity contribution in [2.24, 2.45) is 4.99 Å². The smallest absolute Gasteiger partial charge is 0.239 e. The van der Waals surface area contributed by atoms with Crippen LogP contribution in [-0.4, -0.2) is 42.3 Å². The molecule has 134 valence electrons. The number of hydrogen-bond donors (Lipinski definition) is 1. The number of piperazine rings is 1. The minimum absolute atomic E-state index is 0.0301. The molecule has 0 bridgehead atoms. The van der Waals surface area contributed by atoms with Crippen LogP contribution in [0.4, 0.5) is 5.82 Å². The molecule has 2 aliphatic rings. The summed E-state index contributed by atoms with van der Waals surface area (Å²) in [5, 5.41) is 2.84. The quantitative estimate of drug-likeness (QED) is 0.918. The van der Waals surface area contributed by atoms with E-state index in [4.69, 9.17) is 9.73 Å². The van der Waals surface area contributed by atoms with Crippen molar-refractivity contribution in [1.82, 2.24) is 10.3 Å². The van der Waals surface area contributed by atoms with Crippen molar-refractivity contribution in [1.29, 1.82) is 0 Å². The van der Waals surface area contributed by atoms with Gasteiger partial charge in [-0.05, 0) is 43.7 Å². The molecule has 6 nitrogen and oxygen atoms in total. The number of pyridine rings is 1. The molecule has 1 aromatic heterocycles. The average Bonchev–Trinajstić information content (AvgIpc) is 3.04. The van der Waals surface area contributed by atoms with Gasteiger partial charge in [-0.1, -0.05) is 6.07 Å². The Hall–Kier alpha value is -2.89. The highest BCUT2D eigenvalue weighted by Gasteiger charge is 2.21. The first-order chi connectivity index (χ1) is 12.6. The van der Waals surface area contributed by atoms with E-state index in [1.165, 1.54) is 5.56 Å². The molecule has 6 heteroatoms. The maximum absolute atomic E-state index is 11.7. The van der Waals surface area contributed by atoms with Gasteiger partial charge in [-0.2, -0.15) is 0 Å². The summed E-state index contributed by atoms with van der Waals surface area (Å²) in [6, 6.07) is 10.1. The molecule has 0 radical (unpaired) electrons. The third-order valence-electron chi connectivity index (χ3n) is 4.50. The summed E-state index contributed by atoms with van der Waals surface area (Å²) >= 11 is 0. The van der Waals surface area contributed by atoms with Gasteiger partial charge in [-0.25, -0.2) is 4.98 Å². The SMILES string of the molecule is CC(C)Oc1ccc2c(c1)C(c1ccnc(N3CCNC(=O)C3)c1)=NC2. The number of benzene rings is 1. The molecule has 1 fully saturated rings. The molecule has 2 aliphatic heterocycles. The molecule has 4 rings (SSSR count). The molecule has 0 saturated carbocycles. The van der Waals surface area contributed by atoms with Gasteiger partial charge in [0, 0.05) is 30.4 Å².